The maximum absolute atomic E-state index is 11.7. The number of pyridine rings is 1. The second-order valence-corrected chi connectivity index (χ2v) is 5.57. The lowest BCUT2D eigenvalue weighted by molar-refractivity contribution is -0.125. The molecule has 1 heterocycles. The van der Waals surface area contributed by atoms with Crippen molar-refractivity contribution in [3.05, 3.63) is 35.1 Å². The minimum Gasteiger partial charge on any atom is -0.377 e. The predicted molar refractivity (Wildman–Crippen MR) is 78.1 cm³/mol. The summed E-state index contributed by atoms with van der Waals surface area (Å²) in [7, 11) is 4.00. The van der Waals surface area contributed by atoms with E-state index in [1.165, 1.54) is 0 Å². The van der Waals surface area contributed by atoms with Crippen molar-refractivity contribution in [2.75, 3.05) is 19.0 Å². The van der Waals surface area contributed by atoms with Gasteiger partial charge in [0.25, 0.3) is 0 Å². The van der Waals surface area contributed by atoms with Crippen LogP contribution in [0.1, 0.15) is 24.3 Å². The van der Waals surface area contributed by atoms with Crippen molar-refractivity contribution in [3.63, 3.8) is 0 Å². The standard InChI is InChI=1S/C15H15ClN2O/c1-18(2)13-5-3-9(10-4-6-14(10)19)11-7-15(16)17-8-12(11)13/h3,5,7-8,10H,4,6H2,1-2H3. The lowest BCUT2D eigenvalue weighted by Gasteiger charge is -2.27. The van der Waals surface area contributed by atoms with Crippen LogP contribution in [-0.4, -0.2) is 24.9 Å². The summed E-state index contributed by atoms with van der Waals surface area (Å²) >= 11 is 6.02. The first-order valence-corrected chi connectivity index (χ1v) is 6.74. The number of nitrogens with zero attached hydrogens (tertiary/aromatic N) is 2. The van der Waals surface area contributed by atoms with Crippen molar-refractivity contribution in [1.82, 2.24) is 4.98 Å². The third-order valence-electron chi connectivity index (χ3n) is 3.80. The van der Waals surface area contributed by atoms with Gasteiger partial charge in [-0.25, -0.2) is 4.98 Å². The monoisotopic (exact) mass is 274 g/mol. The molecular weight excluding hydrogens is 260 g/mol. The van der Waals surface area contributed by atoms with Gasteiger partial charge in [-0.2, -0.15) is 0 Å². The van der Waals surface area contributed by atoms with Crippen molar-refractivity contribution in [2.45, 2.75) is 18.8 Å². The average molecular weight is 275 g/mol. The lowest BCUT2D eigenvalue weighted by Crippen LogP contribution is -2.23. The molecule has 1 fully saturated rings. The first kappa shape index (κ1) is 12.4. The van der Waals surface area contributed by atoms with Gasteiger partial charge in [0.15, 0.2) is 0 Å². The van der Waals surface area contributed by atoms with Crippen molar-refractivity contribution in [2.24, 2.45) is 0 Å². The molecule has 0 N–H and O–H groups in total. The highest BCUT2D eigenvalue weighted by Gasteiger charge is 2.31. The molecule has 1 atom stereocenters. The summed E-state index contributed by atoms with van der Waals surface area (Å²) in [6.45, 7) is 0. The predicted octanol–water partition coefficient (Wildman–Crippen LogP) is 3.40. The van der Waals surface area contributed by atoms with E-state index in [0.29, 0.717) is 17.4 Å². The molecule has 1 aliphatic rings. The number of Topliss-reactive ketones (excluding diaryl/α,β-unsaturated/α-hetero) is 1. The number of aromatic nitrogens is 1. The Labute approximate surface area is 117 Å². The third kappa shape index (κ3) is 1.98. The van der Waals surface area contributed by atoms with E-state index in [9.17, 15) is 4.79 Å². The molecule has 19 heavy (non-hydrogen) atoms. The van der Waals surface area contributed by atoms with Gasteiger partial charge in [-0.05, 0) is 29.5 Å². The van der Waals surface area contributed by atoms with Crippen LogP contribution in [0.3, 0.4) is 0 Å². The number of fused-ring (bicyclic) bond motifs is 1. The molecule has 1 aromatic heterocycles. The van der Waals surface area contributed by atoms with Crippen LogP contribution < -0.4 is 4.90 Å². The molecular formula is C15H15ClN2O. The number of ketones is 1. The Morgan fingerprint density at radius 1 is 1.32 bits per heavy atom. The summed E-state index contributed by atoms with van der Waals surface area (Å²) in [5, 5.41) is 2.56. The zero-order valence-corrected chi connectivity index (χ0v) is 11.7. The highest BCUT2D eigenvalue weighted by Crippen LogP contribution is 2.39. The highest BCUT2D eigenvalue weighted by atomic mass is 35.5. The van der Waals surface area contributed by atoms with Gasteiger partial charge in [-0.15, -0.1) is 0 Å². The zero-order chi connectivity index (χ0) is 13.6. The van der Waals surface area contributed by atoms with E-state index < -0.39 is 0 Å². The van der Waals surface area contributed by atoms with Crippen LogP contribution in [0.5, 0.6) is 0 Å². The Balaban J connectivity index is 2.26. The summed E-state index contributed by atoms with van der Waals surface area (Å²) < 4.78 is 0. The van der Waals surface area contributed by atoms with Gasteiger partial charge in [0.2, 0.25) is 0 Å². The van der Waals surface area contributed by atoms with Crippen molar-refractivity contribution < 1.29 is 4.79 Å². The summed E-state index contributed by atoms with van der Waals surface area (Å²) in [5.74, 6) is 0.365. The Kier molecular flexibility index (Phi) is 2.94. The van der Waals surface area contributed by atoms with Gasteiger partial charge in [0.1, 0.15) is 10.9 Å². The van der Waals surface area contributed by atoms with Gasteiger partial charge in [0, 0.05) is 43.7 Å². The van der Waals surface area contributed by atoms with Gasteiger partial charge in [-0.1, -0.05) is 17.7 Å². The topological polar surface area (TPSA) is 33.2 Å². The Bertz CT molecular complexity index is 666. The first-order valence-electron chi connectivity index (χ1n) is 6.36. The van der Waals surface area contributed by atoms with Crippen molar-refractivity contribution in [3.8, 4) is 0 Å². The fraction of sp³-hybridized carbons (Fsp3) is 0.333. The van der Waals surface area contributed by atoms with E-state index in [2.05, 4.69) is 17.1 Å². The molecule has 1 unspecified atom stereocenters. The second kappa shape index (κ2) is 4.49. The van der Waals surface area contributed by atoms with Gasteiger partial charge >= 0.3 is 0 Å². The third-order valence-corrected chi connectivity index (χ3v) is 4.01. The van der Waals surface area contributed by atoms with Crippen LogP contribution >= 0.6 is 11.6 Å². The molecule has 0 radical (unpaired) electrons. The maximum Gasteiger partial charge on any atom is 0.140 e. The number of carbonyl (C=O) groups excluding carboxylic acids is 1. The smallest absolute Gasteiger partial charge is 0.140 e. The Morgan fingerprint density at radius 3 is 2.68 bits per heavy atom. The van der Waals surface area contributed by atoms with E-state index in [-0.39, 0.29) is 5.92 Å². The molecule has 4 heteroatoms. The molecule has 0 bridgehead atoms. The normalized spacial score (nSPS) is 18.5. The van der Waals surface area contributed by atoms with Crippen LogP contribution in [0, 0.1) is 0 Å². The molecule has 0 spiro atoms. The first-order chi connectivity index (χ1) is 9.08. The van der Waals surface area contributed by atoms with Crippen LogP contribution in [0.25, 0.3) is 10.8 Å². The Hall–Kier alpha value is -1.61. The zero-order valence-electron chi connectivity index (χ0n) is 11.0. The van der Waals surface area contributed by atoms with Crippen LogP contribution in [-0.2, 0) is 4.79 Å². The number of rotatable bonds is 2. The molecule has 0 aliphatic heterocycles. The fourth-order valence-electron chi connectivity index (χ4n) is 2.65. The van der Waals surface area contributed by atoms with E-state index >= 15 is 0 Å². The number of carbonyl (C=O) groups is 1. The molecule has 3 nitrogen and oxygen atoms in total. The molecule has 0 amide bonds. The Morgan fingerprint density at radius 2 is 2.11 bits per heavy atom. The molecule has 98 valence electrons. The van der Waals surface area contributed by atoms with E-state index in [1.807, 2.05) is 25.1 Å². The van der Waals surface area contributed by atoms with Crippen LogP contribution in [0.2, 0.25) is 5.15 Å². The summed E-state index contributed by atoms with van der Waals surface area (Å²) in [6, 6.07) is 5.97. The molecule has 1 aliphatic carbocycles. The van der Waals surface area contributed by atoms with E-state index in [1.54, 1.807) is 6.20 Å². The van der Waals surface area contributed by atoms with Crippen molar-refractivity contribution in [1.29, 1.82) is 0 Å². The van der Waals surface area contributed by atoms with Crippen LogP contribution in [0.15, 0.2) is 24.4 Å². The van der Waals surface area contributed by atoms with Gasteiger partial charge in [-0.3, -0.25) is 4.79 Å². The number of hydrogen-bond donors (Lipinski definition) is 0. The van der Waals surface area contributed by atoms with Gasteiger partial charge in [0.05, 0.1) is 0 Å². The minimum atomic E-state index is 0.0391. The highest BCUT2D eigenvalue weighted by molar-refractivity contribution is 6.30. The molecule has 2 aromatic rings. The number of hydrogen-bond acceptors (Lipinski definition) is 3. The largest absolute Gasteiger partial charge is 0.377 e. The SMILES string of the molecule is CN(C)c1ccc(C2CCC2=O)c2cc(Cl)ncc12. The molecule has 3 rings (SSSR count). The van der Waals surface area contributed by atoms with Crippen molar-refractivity contribution >= 4 is 33.8 Å². The molecule has 1 saturated carbocycles. The second-order valence-electron chi connectivity index (χ2n) is 5.18. The number of anilines is 1. The number of benzene rings is 1. The van der Waals surface area contributed by atoms with Gasteiger partial charge < -0.3 is 4.90 Å². The lowest BCUT2D eigenvalue weighted by atomic mass is 9.77. The maximum atomic E-state index is 11.7. The summed E-state index contributed by atoms with van der Waals surface area (Å²) in [4.78, 5) is 17.9. The minimum absolute atomic E-state index is 0.0391. The number of halogens is 1. The average Bonchev–Trinajstić information content (AvgIpc) is 2.37. The molecule has 0 saturated heterocycles. The van der Waals surface area contributed by atoms with E-state index in [4.69, 9.17) is 11.6 Å². The molecule has 1 aromatic carbocycles. The van der Waals surface area contributed by atoms with Crippen LogP contribution in [0.4, 0.5) is 5.69 Å². The van der Waals surface area contributed by atoms with E-state index in [0.717, 1.165) is 28.4 Å². The summed E-state index contributed by atoms with van der Waals surface area (Å²) in [5.41, 5.74) is 2.18. The summed E-state index contributed by atoms with van der Waals surface area (Å²) in [6.07, 6.45) is 3.43. The quantitative estimate of drug-likeness (QED) is 0.787. The fourth-order valence-corrected chi connectivity index (χ4v) is 2.81.